The van der Waals surface area contributed by atoms with E-state index in [1.165, 1.54) is 16.8 Å². The van der Waals surface area contributed by atoms with E-state index in [1.54, 1.807) is 12.1 Å². The van der Waals surface area contributed by atoms with E-state index >= 15 is 0 Å². The predicted molar refractivity (Wildman–Crippen MR) is 80.7 cm³/mol. The molecule has 2 heterocycles. The van der Waals surface area contributed by atoms with E-state index in [1.807, 2.05) is 4.90 Å². The average Bonchev–Trinajstić information content (AvgIpc) is 2.41. The molecule has 1 aliphatic heterocycles. The zero-order valence-electron chi connectivity index (χ0n) is 11.6. The molecular formula is C12H17ClN4O3S. The predicted octanol–water partition coefficient (Wildman–Crippen LogP) is 0.251. The standard InChI is InChI=1S/C12H17ClN4O3S/c1-21(19,20)17-6-4-16(5-7-17)9-12(18)15-11-3-2-10(13)8-14-11/h2-3,8H,4-7,9H2,1H3,(H,14,15,18). The van der Waals surface area contributed by atoms with Crippen molar-refractivity contribution in [1.82, 2.24) is 14.2 Å². The van der Waals surface area contributed by atoms with Crippen LogP contribution in [0.2, 0.25) is 5.02 Å². The van der Waals surface area contributed by atoms with E-state index in [0.717, 1.165) is 0 Å². The lowest BCUT2D eigenvalue weighted by molar-refractivity contribution is -0.117. The molecule has 0 unspecified atom stereocenters. The van der Waals surface area contributed by atoms with Crippen LogP contribution in [0.15, 0.2) is 18.3 Å². The maximum Gasteiger partial charge on any atom is 0.239 e. The normalized spacial score (nSPS) is 17.6. The van der Waals surface area contributed by atoms with Crippen LogP contribution in [0.3, 0.4) is 0 Å². The zero-order chi connectivity index (χ0) is 15.5. The Labute approximate surface area is 128 Å². The summed E-state index contributed by atoms with van der Waals surface area (Å²) in [7, 11) is -3.15. The lowest BCUT2D eigenvalue weighted by Gasteiger charge is -2.32. The number of hydrogen-bond acceptors (Lipinski definition) is 5. The Bertz CT molecular complexity index is 597. The number of hydrogen-bond donors (Lipinski definition) is 1. The summed E-state index contributed by atoms with van der Waals surface area (Å²) in [5.41, 5.74) is 0. The van der Waals surface area contributed by atoms with Crippen molar-refractivity contribution < 1.29 is 13.2 Å². The molecule has 21 heavy (non-hydrogen) atoms. The van der Waals surface area contributed by atoms with Crippen LogP contribution in [0.1, 0.15) is 0 Å². The van der Waals surface area contributed by atoms with Gasteiger partial charge in [0.15, 0.2) is 0 Å². The van der Waals surface area contributed by atoms with Gasteiger partial charge in [-0.3, -0.25) is 9.69 Å². The molecule has 0 aliphatic carbocycles. The third-order valence-corrected chi connectivity index (χ3v) is 4.69. The maximum absolute atomic E-state index is 11.9. The van der Waals surface area contributed by atoms with Crippen molar-refractivity contribution in [1.29, 1.82) is 0 Å². The van der Waals surface area contributed by atoms with Crippen LogP contribution in [0.4, 0.5) is 5.82 Å². The van der Waals surface area contributed by atoms with Crippen molar-refractivity contribution in [3.05, 3.63) is 23.4 Å². The lowest BCUT2D eigenvalue weighted by Crippen LogP contribution is -2.50. The number of amides is 1. The first-order valence-electron chi connectivity index (χ1n) is 6.43. The van der Waals surface area contributed by atoms with Crippen molar-refractivity contribution in [2.24, 2.45) is 0 Å². The highest BCUT2D eigenvalue weighted by atomic mass is 35.5. The van der Waals surface area contributed by atoms with Gasteiger partial charge in [0.1, 0.15) is 5.82 Å². The van der Waals surface area contributed by atoms with Crippen LogP contribution in [-0.4, -0.2) is 67.5 Å². The molecule has 2 rings (SSSR count). The quantitative estimate of drug-likeness (QED) is 0.854. The number of piperazine rings is 1. The minimum absolute atomic E-state index is 0.183. The second kappa shape index (κ2) is 6.69. The highest BCUT2D eigenvalue weighted by molar-refractivity contribution is 7.88. The number of rotatable bonds is 4. The Hall–Kier alpha value is -1.22. The van der Waals surface area contributed by atoms with Gasteiger partial charge in [-0.1, -0.05) is 11.6 Å². The van der Waals surface area contributed by atoms with Crippen molar-refractivity contribution in [2.75, 3.05) is 44.3 Å². The first kappa shape index (κ1) is 16.2. The van der Waals surface area contributed by atoms with Crippen LogP contribution in [-0.2, 0) is 14.8 Å². The molecule has 1 fully saturated rings. The van der Waals surface area contributed by atoms with E-state index in [0.29, 0.717) is 37.0 Å². The lowest BCUT2D eigenvalue weighted by atomic mass is 10.3. The second-order valence-corrected chi connectivity index (χ2v) is 7.27. The van der Waals surface area contributed by atoms with Gasteiger partial charge in [-0.15, -0.1) is 0 Å². The molecule has 1 aromatic rings. The molecule has 7 nitrogen and oxygen atoms in total. The van der Waals surface area contributed by atoms with Gasteiger partial charge < -0.3 is 5.32 Å². The summed E-state index contributed by atoms with van der Waals surface area (Å²) < 4.78 is 24.2. The molecule has 0 radical (unpaired) electrons. The summed E-state index contributed by atoms with van der Waals surface area (Å²) in [5.74, 6) is 0.261. The van der Waals surface area contributed by atoms with Crippen LogP contribution < -0.4 is 5.32 Å². The number of sulfonamides is 1. The summed E-state index contributed by atoms with van der Waals surface area (Å²) in [5, 5.41) is 3.18. The van der Waals surface area contributed by atoms with Crippen molar-refractivity contribution >= 4 is 33.3 Å². The van der Waals surface area contributed by atoms with Crippen LogP contribution >= 0.6 is 11.6 Å². The molecule has 0 aromatic carbocycles. The van der Waals surface area contributed by atoms with Crippen LogP contribution in [0, 0.1) is 0 Å². The smallest absolute Gasteiger partial charge is 0.239 e. The highest BCUT2D eigenvalue weighted by Gasteiger charge is 2.24. The summed E-state index contributed by atoms with van der Waals surface area (Å²) >= 11 is 5.72. The summed E-state index contributed by atoms with van der Waals surface area (Å²) in [6.45, 7) is 2.10. The number of carbonyl (C=O) groups is 1. The van der Waals surface area contributed by atoms with E-state index in [-0.39, 0.29) is 12.5 Å². The number of nitrogens with zero attached hydrogens (tertiary/aromatic N) is 3. The first-order valence-corrected chi connectivity index (χ1v) is 8.66. The molecule has 1 aromatic heterocycles. The molecule has 0 atom stereocenters. The van der Waals surface area contributed by atoms with Gasteiger partial charge in [-0.25, -0.2) is 13.4 Å². The van der Waals surface area contributed by atoms with Crippen LogP contribution in [0.25, 0.3) is 0 Å². The molecule has 116 valence electrons. The Morgan fingerprint density at radius 3 is 2.52 bits per heavy atom. The van der Waals surface area contributed by atoms with E-state index in [2.05, 4.69) is 10.3 Å². The largest absolute Gasteiger partial charge is 0.310 e. The molecule has 1 N–H and O–H groups in total. The highest BCUT2D eigenvalue weighted by Crippen LogP contribution is 2.10. The fourth-order valence-electron chi connectivity index (χ4n) is 2.05. The van der Waals surface area contributed by atoms with Crippen molar-refractivity contribution in [3.63, 3.8) is 0 Å². The van der Waals surface area contributed by atoms with E-state index in [4.69, 9.17) is 11.6 Å². The third-order valence-electron chi connectivity index (χ3n) is 3.16. The molecule has 1 saturated heterocycles. The van der Waals surface area contributed by atoms with Gasteiger partial charge in [0.05, 0.1) is 17.8 Å². The zero-order valence-corrected chi connectivity index (χ0v) is 13.2. The summed E-state index contributed by atoms with van der Waals surface area (Å²) in [4.78, 5) is 17.8. The number of anilines is 1. The fraction of sp³-hybridized carbons (Fsp3) is 0.500. The monoisotopic (exact) mass is 332 g/mol. The van der Waals surface area contributed by atoms with Gasteiger partial charge in [0.25, 0.3) is 0 Å². The Balaban J connectivity index is 1.80. The van der Waals surface area contributed by atoms with Gasteiger partial charge >= 0.3 is 0 Å². The van der Waals surface area contributed by atoms with Crippen molar-refractivity contribution in [2.45, 2.75) is 0 Å². The summed E-state index contributed by atoms with van der Waals surface area (Å²) in [6.07, 6.45) is 2.66. The molecule has 0 saturated carbocycles. The van der Waals surface area contributed by atoms with Gasteiger partial charge in [-0.05, 0) is 12.1 Å². The Morgan fingerprint density at radius 2 is 2.00 bits per heavy atom. The molecule has 0 bridgehead atoms. The first-order chi connectivity index (χ1) is 9.84. The Morgan fingerprint density at radius 1 is 1.33 bits per heavy atom. The number of nitrogens with one attached hydrogen (secondary N) is 1. The molecule has 1 amide bonds. The number of halogens is 1. The van der Waals surface area contributed by atoms with E-state index < -0.39 is 10.0 Å². The molecule has 1 aliphatic rings. The SMILES string of the molecule is CS(=O)(=O)N1CCN(CC(=O)Nc2ccc(Cl)cn2)CC1. The van der Waals surface area contributed by atoms with Crippen LogP contribution in [0.5, 0.6) is 0 Å². The van der Waals surface area contributed by atoms with E-state index in [9.17, 15) is 13.2 Å². The number of pyridine rings is 1. The van der Waals surface area contributed by atoms with Crippen molar-refractivity contribution in [3.8, 4) is 0 Å². The second-order valence-electron chi connectivity index (χ2n) is 4.85. The minimum Gasteiger partial charge on any atom is -0.310 e. The Kier molecular flexibility index (Phi) is 5.15. The molecule has 9 heteroatoms. The van der Waals surface area contributed by atoms with Gasteiger partial charge in [0.2, 0.25) is 15.9 Å². The number of aromatic nitrogens is 1. The molecule has 0 spiro atoms. The van der Waals surface area contributed by atoms with Gasteiger partial charge in [-0.2, -0.15) is 4.31 Å². The third kappa shape index (κ3) is 4.92. The summed E-state index contributed by atoms with van der Waals surface area (Å²) in [6, 6.07) is 3.27. The molecular weight excluding hydrogens is 316 g/mol. The topological polar surface area (TPSA) is 82.6 Å². The fourth-order valence-corrected chi connectivity index (χ4v) is 2.99. The average molecular weight is 333 g/mol. The minimum atomic E-state index is -3.15. The maximum atomic E-state index is 11.9. The number of carbonyl (C=O) groups excluding carboxylic acids is 1. The van der Waals surface area contributed by atoms with Gasteiger partial charge in [0, 0.05) is 32.4 Å².